The van der Waals surface area contributed by atoms with Gasteiger partial charge in [0.1, 0.15) is 0 Å². The van der Waals surface area contributed by atoms with Crippen molar-refractivity contribution in [3.05, 3.63) is 31.3 Å². The van der Waals surface area contributed by atoms with Crippen molar-refractivity contribution in [1.29, 1.82) is 1.34 Å². The van der Waals surface area contributed by atoms with Crippen LogP contribution in [0.2, 0.25) is 0 Å². The molecule has 1 aliphatic rings. The molecule has 1 fully saturated rings. The van der Waals surface area contributed by atoms with E-state index in [4.69, 9.17) is 68.3 Å². The topological polar surface area (TPSA) is 301 Å². The zero-order valence-electron chi connectivity index (χ0n) is 30.8. The summed E-state index contributed by atoms with van der Waals surface area (Å²) in [4.78, 5) is 11.0. The van der Waals surface area contributed by atoms with Gasteiger partial charge in [0.15, 0.2) is 0 Å². The van der Waals surface area contributed by atoms with Crippen LogP contribution in [0, 0.1) is 0 Å². The summed E-state index contributed by atoms with van der Waals surface area (Å²) in [5, 5.41) is 9.88. The van der Waals surface area contributed by atoms with Gasteiger partial charge in [-0.1, -0.05) is 35.6 Å². The monoisotopic (exact) mass is 695 g/mol. The standard InChI is InChI=1S/C6H12N6O2.C6H14N4O2.C6H16N2O2.C5H10O.C3H8.CH4BN/c7-11-9-1-3-13-5-6-14-4-2-10-12-8;7-1-3-11-5-6-12-4-2-9-10-8;7-1-3-9-5-6-10-4-2-8;1-5-3-2-4-6-5;2*1-3-2/h1-6H2;1-7H2;1-8H2;5H,2-4H2,1H3;3H2,1-2H3;2H,1H3/i;;;;;2D. The van der Waals surface area contributed by atoms with Gasteiger partial charge in [-0.3, -0.25) is 0 Å². The van der Waals surface area contributed by atoms with Gasteiger partial charge in [-0.15, -0.1) is 0 Å². The minimum Gasteiger partial charge on any atom is -0.379 e. The molecule has 0 radical (unpaired) electrons. The van der Waals surface area contributed by atoms with Gasteiger partial charge >= 0.3 is 20.9 Å². The van der Waals surface area contributed by atoms with Crippen LogP contribution in [0.25, 0.3) is 31.3 Å². The molecular formula is C27H64BN13O7. The average Bonchev–Trinajstić information content (AvgIpc) is 3.60. The first-order valence-corrected chi connectivity index (χ1v) is 16.0. The zero-order valence-corrected chi connectivity index (χ0v) is 29.8. The Morgan fingerprint density at radius 3 is 1.12 bits per heavy atom. The molecule has 6 N–H and O–H groups in total. The van der Waals surface area contributed by atoms with Crippen molar-refractivity contribution >= 4 is 7.60 Å². The Balaban J connectivity index is -0.000000169. The smallest absolute Gasteiger partial charge is 0.0701 e. The van der Waals surface area contributed by atoms with E-state index in [1.165, 1.54) is 19.3 Å². The number of hydrogen-bond acceptors (Lipinski definition) is 14. The second-order valence-corrected chi connectivity index (χ2v) is 8.69. The van der Waals surface area contributed by atoms with E-state index in [0.717, 1.165) is 14.2 Å². The van der Waals surface area contributed by atoms with Gasteiger partial charge in [0.25, 0.3) is 0 Å². The molecule has 0 spiro atoms. The Labute approximate surface area is 289 Å². The van der Waals surface area contributed by atoms with Crippen molar-refractivity contribution in [2.75, 3.05) is 132 Å². The third kappa shape index (κ3) is 79.1. The van der Waals surface area contributed by atoms with Crippen LogP contribution < -0.4 is 17.2 Å². The predicted octanol–water partition coefficient (Wildman–Crippen LogP) is 3.17. The van der Waals surface area contributed by atoms with Gasteiger partial charge in [-0.05, 0) is 36.4 Å². The van der Waals surface area contributed by atoms with Crippen LogP contribution in [0.1, 0.15) is 40.0 Å². The molecule has 0 amide bonds. The van der Waals surface area contributed by atoms with Crippen LogP contribution in [0.3, 0.4) is 0 Å². The number of rotatable bonds is 24. The third-order valence-electron chi connectivity index (χ3n) is 4.26. The molecule has 0 aromatic heterocycles. The molecule has 0 saturated carbocycles. The van der Waals surface area contributed by atoms with E-state index < -0.39 is 0 Å². The Morgan fingerprint density at radius 2 is 0.958 bits per heavy atom. The molecule has 282 valence electrons. The Bertz CT molecular complexity index is 727. The number of hydrogen-bond donors (Lipinski definition) is 3. The number of ether oxygens (including phenoxy) is 7. The number of nitrogens with zero attached hydrogens (tertiary/aromatic N) is 10. The minimum absolute atomic E-state index is 0.329. The van der Waals surface area contributed by atoms with Crippen LogP contribution in [-0.4, -0.2) is 147 Å². The van der Waals surface area contributed by atoms with Gasteiger partial charge in [-0.25, -0.2) is 0 Å². The summed E-state index contributed by atoms with van der Waals surface area (Å²) in [5.41, 5.74) is 39.3. The fourth-order valence-electron chi connectivity index (χ4n) is 2.40. The fraction of sp³-hybridized carbons (Fsp3) is 1.00. The summed E-state index contributed by atoms with van der Waals surface area (Å²) >= 11 is 0. The van der Waals surface area contributed by atoms with Crippen molar-refractivity contribution in [2.24, 2.45) is 37.4 Å². The summed E-state index contributed by atoms with van der Waals surface area (Å²) in [6.45, 7) is 16.2. The molecule has 48 heavy (non-hydrogen) atoms. The summed E-state index contributed by atoms with van der Waals surface area (Å²) in [5.74, 6) is 0. The molecule has 20 nitrogen and oxygen atoms in total. The van der Waals surface area contributed by atoms with Crippen molar-refractivity contribution in [3.63, 3.8) is 0 Å². The SMILES string of the molecule is CC1CCCO1.CCC.NCCOCCOCCN.[2H]B=NC.[N-]=[N+]=NCCOCCOCCN.[N-]=[N+]=NCCOCCOCCN=[N+]=[N-]. The van der Waals surface area contributed by atoms with Crippen LogP contribution in [0.15, 0.2) is 20.2 Å². The zero-order chi connectivity index (χ0) is 37.7. The number of azide groups is 3. The molecule has 0 aromatic carbocycles. The number of nitrogens with two attached hydrogens (primary N) is 3. The molecule has 1 unspecified atom stereocenters. The largest absolute Gasteiger partial charge is 0.379 e. The van der Waals surface area contributed by atoms with Gasteiger partial charge in [-0.2, -0.15) is 0 Å². The minimum atomic E-state index is 0.329. The first-order valence-electron chi connectivity index (χ1n) is 16.5. The molecule has 0 aliphatic carbocycles. The van der Waals surface area contributed by atoms with E-state index in [1.54, 1.807) is 7.05 Å². The Kier molecular flexibility index (Phi) is 68.7. The van der Waals surface area contributed by atoms with Crippen molar-refractivity contribution in [1.82, 2.24) is 0 Å². The van der Waals surface area contributed by atoms with E-state index in [2.05, 4.69) is 55.7 Å². The van der Waals surface area contributed by atoms with Gasteiger partial charge < -0.3 is 50.4 Å². The fourth-order valence-corrected chi connectivity index (χ4v) is 2.40. The van der Waals surface area contributed by atoms with E-state index in [1.807, 2.05) is 0 Å². The quantitative estimate of drug-likeness (QED) is 0.0435. The molecule has 1 aliphatic heterocycles. The Morgan fingerprint density at radius 1 is 0.667 bits per heavy atom. The van der Waals surface area contributed by atoms with Crippen LogP contribution in [0.5, 0.6) is 0 Å². The second kappa shape index (κ2) is 63.1. The van der Waals surface area contributed by atoms with E-state index in [0.29, 0.717) is 125 Å². The van der Waals surface area contributed by atoms with Crippen molar-refractivity contribution < 1.29 is 33.2 Å². The maximum absolute atomic E-state index is 7.93. The summed E-state index contributed by atoms with van der Waals surface area (Å²) in [7, 11) is 2.56. The maximum atomic E-state index is 7.93. The third-order valence-corrected chi connectivity index (χ3v) is 4.26. The van der Waals surface area contributed by atoms with E-state index >= 15 is 0 Å². The van der Waals surface area contributed by atoms with Crippen molar-refractivity contribution in [2.45, 2.75) is 46.1 Å². The summed E-state index contributed by atoms with van der Waals surface area (Å²) < 4.78 is 41.6. The normalized spacial score (nSPS) is 12.4. The van der Waals surface area contributed by atoms with Gasteiger partial charge in [0.2, 0.25) is 0 Å². The van der Waals surface area contributed by atoms with Crippen LogP contribution in [0.4, 0.5) is 0 Å². The molecule has 0 bridgehead atoms. The van der Waals surface area contributed by atoms with Gasteiger partial charge in [0.05, 0.1) is 85.4 Å². The van der Waals surface area contributed by atoms with E-state index in [-0.39, 0.29) is 0 Å². The van der Waals surface area contributed by atoms with Crippen molar-refractivity contribution in [3.8, 4) is 0 Å². The molecule has 1 atom stereocenters. The summed E-state index contributed by atoms with van der Waals surface area (Å²) in [6, 6.07) is 0. The maximum Gasteiger partial charge on any atom is 0.0701 e. The summed E-state index contributed by atoms with van der Waals surface area (Å²) in [6.07, 6.45) is 4.33. The second-order valence-electron chi connectivity index (χ2n) is 8.69. The molecule has 1 heterocycles. The molecule has 1 saturated heterocycles. The molecule has 0 aromatic rings. The predicted molar refractivity (Wildman–Crippen MR) is 190 cm³/mol. The average molecular weight is 695 g/mol. The Hall–Kier alpha value is -2.61. The molecule has 21 heteroatoms. The van der Waals surface area contributed by atoms with Gasteiger partial charge in [0, 0.05) is 60.6 Å². The molecule has 1 rings (SSSR count). The van der Waals surface area contributed by atoms with Crippen LogP contribution in [-0.2, 0) is 33.2 Å². The van der Waals surface area contributed by atoms with E-state index in [9.17, 15) is 0 Å². The van der Waals surface area contributed by atoms with Crippen LogP contribution >= 0.6 is 0 Å². The first kappa shape index (κ1) is 52.2. The molecular weight excluding hydrogens is 629 g/mol. The first-order chi connectivity index (χ1) is 24.0.